The fourth-order valence-electron chi connectivity index (χ4n) is 1.69. The minimum atomic E-state index is -0.0933. The Labute approximate surface area is 135 Å². The summed E-state index contributed by atoms with van der Waals surface area (Å²) in [6.07, 6.45) is 1.12. The number of carbonyl (C=O) groups is 1. The number of halogens is 1. The Balaban J connectivity index is 2.43. The third-order valence-corrected chi connectivity index (χ3v) is 3.44. The lowest BCUT2D eigenvalue weighted by molar-refractivity contribution is -0.123. The molecule has 0 aromatic heterocycles. The van der Waals surface area contributed by atoms with Gasteiger partial charge in [-0.25, -0.2) is 0 Å². The lowest BCUT2D eigenvalue weighted by Gasteiger charge is -2.11. The van der Waals surface area contributed by atoms with Gasteiger partial charge in [0.2, 0.25) is 0 Å². The number of benzene rings is 1. The number of nitrogens with one attached hydrogen (secondary N) is 2. The Morgan fingerprint density at radius 3 is 2.76 bits per heavy atom. The van der Waals surface area contributed by atoms with Crippen molar-refractivity contribution < 1.29 is 9.53 Å². The molecule has 21 heavy (non-hydrogen) atoms. The molecule has 0 fully saturated rings. The molecule has 1 rings (SSSR count). The van der Waals surface area contributed by atoms with Gasteiger partial charge in [-0.2, -0.15) is 0 Å². The molecular formula is C16H25BrN2O2. The van der Waals surface area contributed by atoms with E-state index >= 15 is 0 Å². The molecule has 0 spiro atoms. The van der Waals surface area contributed by atoms with Crippen LogP contribution in [0.2, 0.25) is 0 Å². The first-order chi connectivity index (χ1) is 10.0. The fourth-order valence-corrected chi connectivity index (χ4v) is 2.23. The largest absolute Gasteiger partial charge is 0.483 e. The van der Waals surface area contributed by atoms with Crippen molar-refractivity contribution in [1.29, 1.82) is 0 Å². The highest BCUT2D eigenvalue weighted by Gasteiger charge is 2.07. The fraction of sp³-hybridized carbons (Fsp3) is 0.562. The van der Waals surface area contributed by atoms with Crippen molar-refractivity contribution in [3.05, 3.63) is 28.2 Å². The van der Waals surface area contributed by atoms with Crippen LogP contribution in [0.25, 0.3) is 0 Å². The number of amides is 1. The third kappa shape index (κ3) is 7.48. The third-order valence-electron chi connectivity index (χ3n) is 2.82. The first-order valence-electron chi connectivity index (χ1n) is 7.41. The molecule has 0 aliphatic heterocycles. The van der Waals surface area contributed by atoms with E-state index in [0.717, 1.165) is 24.0 Å². The molecule has 2 N–H and O–H groups in total. The molecule has 0 saturated carbocycles. The van der Waals surface area contributed by atoms with Crippen molar-refractivity contribution in [3.8, 4) is 5.75 Å². The van der Waals surface area contributed by atoms with Gasteiger partial charge in [0.1, 0.15) is 5.75 Å². The molecule has 1 aromatic carbocycles. The SMILES string of the molecule is CCCNCc1ccc(OCC(=O)NCC(C)C)c(Br)c1. The average molecular weight is 357 g/mol. The standard InChI is InChI=1S/C16H25BrN2O2/c1-4-7-18-10-13-5-6-15(14(17)8-13)21-11-16(20)19-9-12(2)3/h5-6,8,12,18H,4,7,9-11H2,1-3H3,(H,19,20). The molecule has 0 heterocycles. The smallest absolute Gasteiger partial charge is 0.257 e. The monoisotopic (exact) mass is 356 g/mol. The van der Waals surface area contributed by atoms with Gasteiger partial charge in [0, 0.05) is 13.1 Å². The molecular weight excluding hydrogens is 332 g/mol. The summed E-state index contributed by atoms with van der Waals surface area (Å²) in [4.78, 5) is 11.6. The zero-order valence-corrected chi connectivity index (χ0v) is 14.6. The van der Waals surface area contributed by atoms with Crippen LogP contribution in [0.1, 0.15) is 32.8 Å². The van der Waals surface area contributed by atoms with Crippen LogP contribution in [0.4, 0.5) is 0 Å². The molecule has 0 atom stereocenters. The number of ether oxygens (including phenoxy) is 1. The summed E-state index contributed by atoms with van der Waals surface area (Å²) in [5.41, 5.74) is 1.19. The highest BCUT2D eigenvalue weighted by molar-refractivity contribution is 9.10. The average Bonchev–Trinajstić information content (AvgIpc) is 2.44. The van der Waals surface area contributed by atoms with Crippen molar-refractivity contribution >= 4 is 21.8 Å². The summed E-state index contributed by atoms with van der Waals surface area (Å²) in [7, 11) is 0. The predicted molar refractivity (Wildman–Crippen MR) is 89.5 cm³/mol. The second-order valence-corrected chi connectivity index (χ2v) is 6.28. The van der Waals surface area contributed by atoms with Gasteiger partial charge >= 0.3 is 0 Å². The molecule has 0 aliphatic rings. The quantitative estimate of drug-likeness (QED) is 0.668. The van der Waals surface area contributed by atoms with Crippen molar-refractivity contribution in [2.45, 2.75) is 33.7 Å². The van der Waals surface area contributed by atoms with E-state index in [1.165, 1.54) is 5.56 Å². The molecule has 118 valence electrons. The minimum Gasteiger partial charge on any atom is -0.483 e. The van der Waals surface area contributed by atoms with Crippen LogP contribution in [0.5, 0.6) is 5.75 Å². The van der Waals surface area contributed by atoms with Crippen molar-refractivity contribution in [2.24, 2.45) is 5.92 Å². The van der Waals surface area contributed by atoms with E-state index in [4.69, 9.17) is 4.74 Å². The maximum absolute atomic E-state index is 11.6. The van der Waals surface area contributed by atoms with Crippen LogP contribution in [0.3, 0.4) is 0 Å². The second kappa shape index (κ2) is 9.79. The summed E-state index contributed by atoms with van der Waals surface area (Å²) in [5, 5.41) is 6.18. The van der Waals surface area contributed by atoms with Crippen LogP contribution in [-0.2, 0) is 11.3 Å². The van der Waals surface area contributed by atoms with Crippen LogP contribution >= 0.6 is 15.9 Å². The van der Waals surface area contributed by atoms with Crippen LogP contribution < -0.4 is 15.4 Å². The van der Waals surface area contributed by atoms with E-state index < -0.39 is 0 Å². The van der Waals surface area contributed by atoms with E-state index in [9.17, 15) is 4.79 Å². The summed E-state index contributed by atoms with van der Waals surface area (Å²) >= 11 is 3.48. The second-order valence-electron chi connectivity index (χ2n) is 5.43. The zero-order valence-electron chi connectivity index (χ0n) is 13.0. The molecule has 1 aromatic rings. The maximum atomic E-state index is 11.6. The molecule has 0 bridgehead atoms. The topological polar surface area (TPSA) is 50.4 Å². The van der Waals surface area contributed by atoms with E-state index in [1.54, 1.807) is 0 Å². The van der Waals surface area contributed by atoms with Gasteiger partial charge in [-0.05, 0) is 52.5 Å². The zero-order chi connectivity index (χ0) is 15.7. The summed E-state index contributed by atoms with van der Waals surface area (Å²) < 4.78 is 6.40. The van der Waals surface area contributed by atoms with Gasteiger partial charge < -0.3 is 15.4 Å². The van der Waals surface area contributed by atoms with E-state index in [0.29, 0.717) is 18.2 Å². The van der Waals surface area contributed by atoms with Gasteiger partial charge in [0.15, 0.2) is 6.61 Å². The van der Waals surface area contributed by atoms with Gasteiger partial charge in [0.25, 0.3) is 5.91 Å². The summed E-state index contributed by atoms with van der Waals surface area (Å²) in [6.45, 7) is 8.81. The summed E-state index contributed by atoms with van der Waals surface area (Å²) in [5.74, 6) is 1.04. The lowest BCUT2D eigenvalue weighted by Crippen LogP contribution is -2.31. The van der Waals surface area contributed by atoms with Crippen molar-refractivity contribution in [2.75, 3.05) is 19.7 Å². The highest BCUT2D eigenvalue weighted by Crippen LogP contribution is 2.25. The number of rotatable bonds is 9. The van der Waals surface area contributed by atoms with Gasteiger partial charge in [-0.3, -0.25) is 4.79 Å². The molecule has 5 heteroatoms. The molecule has 0 unspecified atom stereocenters. The first-order valence-corrected chi connectivity index (χ1v) is 8.20. The molecule has 4 nitrogen and oxygen atoms in total. The Morgan fingerprint density at radius 1 is 1.38 bits per heavy atom. The maximum Gasteiger partial charge on any atom is 0.257 e. The molecule has 1 amide bonds. The van der Waals surface area contributed by atoms with Gasteiger partial charge in [0.05, 0.1) is 4.47 Å². The number of hydrogen-bond acceptors (Lipinski definition) is 3. The molecule has 0 aliphatic carbocycles. The normalized spacial score (nSPS) is 10.7. The van der Waals surface area contributed by atoms with Crippen molar-refractivity contribution in [1.82, 2.24) is 10.6 Å². The van der Waals surface area contributed by atoms with Crippen LogP contribution in [0.15, 0.2) is 22.7 Å². The van der Waals surface area contributed by atoms with Crippen LogP contribution in [-0.4, -0.2) is 25.6 Å². The Bertz CT molecular complexity index is 450. The Kier molecular flexibility index (Phi) is 8.38. The van der Waals surface area contributed by atoms with Crippen LogP contribution in [0, 0.1) is 5.92 Å². The summed E-state index contributed by atoms with van der Waals surface area (Å²) in [6, 6.07) is 5.92. The van der Waals surface area contributed by atoms with Gasteiger partial charge in [-0.15, -0.1) is 0 Å². The number of hydrogen-bond donors (Lipinski definition) is 2. The van der Waals surface area contributed by atoms with E-state index in [2.05, 4.69) is 47.3 Å². The molecule has 0 saturated heterocycles. The highest BCUT2D eigenvalue weighted by atomic mass is 79.9. The Morgan fingerprint density at radius 2 is 2.14 bits per heavy atom. The Hall–Kier alpha value is -1.07. The van der Waals surface area contributed by atoms with Gasteiger partial charge in [-0.1, -0.05) is 26.8 Å². The lowest BCUT2D eigenvalue weighted by atomic mass is 10.2. The van der Waals surface area contributed by atoms with E-state index in [1.807, 2.05) is 18.2 Å². The molecule has 0 radical (unpaired) electrons. The van der Waals surface area contributed by atoms with E-state index in [-0.39, 0.29) is 12.5 Å². The number of carbonyl (C=O) groups excluding carboxylic acids is 1. The van der Waals surface area contributed by atoms with Crippen molar-refractivity contribution in [3.63, 3.8) is 0 Å². The predicted octanol–water partition coefficient (Wildman–Crippen LogP) is 3.10. The minimum absolute atomic E-state index is 0.0404. The first kappa shape index (κ1) is 18.0.